The molecule has 31 heavy (non-hydrogen) atoms. The molecule has 0 unspecified atom stereocenters. The van der Waals surface area contributed by atoms with Crippen molar-refractivity contribution in [2.24, 2.45) is 7.05 Å². The summed E-state index contributed by atoms with van der Waals surface area (Å²) in [7, 11) is 1.94. The number of fused-ring (bicyclic) bond motifs is 1. The van der Waals surface area contributed by atoms with Gasteiger partial charge in [-0.15, -0.1) is 0 Å². The molecule has 2 aromatic carbocycles. The van der Waals surface area contributed by atoms with Crippen molar-refractivity contribution in [3.05, 3.63) is 89.4 Å². The molecule has 4 rings (SSSR count). The van der Waals surface area contributed by atoms with Gasteiger partial charge in [-0.2, -0.15) is 5.10 Å². The Bertz CT molecular complexity index is 1190. The van der Waals surface area contributed by atoms with E-state index < -0.39 is 5.41 Å². The van der Waals surface area contributed by atoms with Crippen LogP contribution in [0.5, 0.6) is 0 Å². The second-order valence-corrected chi connectivity index (χ2v) is 8.73. The Morgan fingerprint density at radius 3 is 2.52 bits per heavy atom. The number of amides is 1. The van der Waals surface area contributed by atoms with Crippen LogP contribution in [0, 0.1) is 6.92 Å². The van der Waals surface area contributed by atoms with Gasteiger partial charge in [0.05, 0.1) is 23.3 Å². The van der Waals surface area contributed by atoms with Crippen molar-refractivity contribution >= 4 is 16.8 Å². The summed E-state index contributed by atoms with van der Waals surface area (Å²) in [6.45, 7) is 7.18. The minimum Gasteiger partial charge on any atom is -0.361 e. The SMILES string of the molecule is Cc1cc(CN(CCc2c[nH]c3ccccc23)C(=O)C(C)(C)c2ccccc2)n(C)n1. The lowest BCUT2D eigenvalue weighted by Gasteiger charge is -2.32. The number of aryl methyl sites for hydroxylation is 2. The van der Waals surface area contributed by atoms with E-state index in [1.807, 2.05) is 73.8 Å². The Morgan fingerprint density at radius 1 is 1.10 bits per heavy atom. The molecule has 5 nitrogen and oxygen atoms in total. The molecular weight excluding hydrogens is 384 g/mol. The van der Waals surface area contributed by atoms with Crippen molar-refractivity contribution in [2.45, 2.75) is 39.2 Å². The maximum atomic E-state index is 13.8. The zero-order valence-electron chi connectivity index (χ0n) is 18.7. The minimum atomic E-state index is -0.616. The zero-order chi connectivity index (χ0) is 22.0. The van der Waals surface area contributed by atoms with E-state index in [1.54, 1.807) is 0 Å². The molecular formula is C26H30N4O. The van der Waals surface area contributed by atoms with Crippen molar-refractivity contribution in [3.8, 4) is 0 Å². The number of H-pyrrole nitrogens is 1. The van der Waals surface area contributed by atoms with Crippen LogP contribution in [0.1, 0.15) is 36.4 Å². The molecule has 0 saturated heterocycles. The standard InChI is InChI=1S/C26H30N4O/c1-19-16-22(29(4)28-19)18-30(25(31)26(2,3)21-10-6-5-7-11-21)15-14-20-17-27-24-13-9-8-12-23(20)24/h5-13,16-17,27H,14-15,18H2,1-4H3. The zero-order valence-corrected chi connectivity index (χ0v) is 18.7. The number of hydrogen-bond acceptors (Lipinski definition) is 2. The van der Waals surface area contributed by atoms with Crippen molar-refractivity contribution < 1.29 is 4.79 Å². The summed E-state index contributed by atoms with van der Waals surface area (Å²) >= 11 is 0. The first-order chi connectivity index (χ1) is 14.9. The lowest BCUT2D eigenvalue weighted by molar-refractivity contribution is -0.137. The Morgan fingerprint density at radius 2 is 1.81 bits per heavy atom. The van der Waals surface area contributed by atoms with Crippen molar-refractivity contribution in [1.29, 1.82) is 0 Å². The highest BCUT2D eigenvalue weighted by molar-refractivity contribution is 5.87. The molecule has 1 N–H and O–H groups in total. The third-order valence-electron chi connectivity index (χ3n) is 6.10. The molecule has 0 bridgehead atoms. The fraction of sp³-hybridized carbons (Fsp3) is 0.308. The van der Waals surface area contributed by atoms with E-state index in [1.165, 1.54) is 10.9 Å². The van der Waals surface area contributed by atoms with Gasteiger partial charge in [0.1, 0.15) is 0 Å². The Balaban J connectivity index is 1.62. The number of nitrogens with zero attached hydrogens (tertiary/aromatic N) is 3. The highest BCUT2D eigenvalue weighted by Gasteiger charge is 2.34. The number of nitrogens with one attached hydrogen (secondary N) is 1. The van der Waals surface area contributed by atoms with Crippen LogP contribution in [0.3, 0.4) is 0 Å². The van der Waals surface area contributed by atoms with E-state index in [4.69, 9.17) is 0 Å². The average Bonchev–Trinajstić information content (AvgIpc) is 3.33. The van der Waals surface area contributed by atoms with Crippen molar-refractivity contribution in [1.82, 2.24) is 19.7 Å². The first-order valence-electron chi connectivity index (χ1n) is 10.8. The molecule has 0 spiro atoms. The third-order valence-corrected chi connectivity index (χ3v) is 6.10. The van der Waals surface area contributed by atoms with E-state index in [0.717, 1.165) is 28.9 Å². The molecule has 0 aliphatic heterocycles. The average molecular weight is 415 g/mol. The predicted octanol–water partition coefficient (Wildman–Crippen LogP) is 4.76. The van der Waals surface area contributed by atoms with Crippen LogP contribution in [0.2, 0.25) is 0 Å². The number of aromatic nitrogens is 3. The summed E-state index contributed by atoms with van der Waals surface area (Å²) in [6, 6.07) is 20.4. The lowest BCUT2D eigenvalue weighted by Crippen LogP contribution is -2.44. The first kappa shape index (κ1) is 20.9. The van der Waals surface area contributed by atoms with Gasteiger partial charge in [-0.05, 0) is 50.5 Å². The van der Waals surface area contributed by atoms with Gasteiger partial charge in [0.15, 0.2) is 0 Å². The maximum Gasteiger partial charge on any atom is 0.233 e. The molecule has 4 aromatic rings. The van der Waals surface area contributed by atoms with Gasteiger partial charge in [0.25, 0.3) is 0 Å². The molecule has 2 heterocycles. The molecule has 0 saturated carbocycles. The lowest BCUT2D eigenvalue weighted by atomic mass is 9.83. The molecule has 160 valence electrons. The summed E-state index contributed by atoms with van der Waals surface area (Å²) in [5.41, 5.74) is 4.76. The number of carbonyl (C=O) groups excluding carboxylic acids is 1. The van der Waals surface area contributed by atoms with Gasteiger partial charge in [-0.25, -0.2) is 0 Å². The number of aromatic amines is 1. The maximum absolute atomic E-state index is 13.8. The third kappa shape index (κ3) is 4.26. The highest BCUT2D eigenvalue weighted by atomic mass is 16.2. The fourth-order valence-electron chi connectivity index (χ4n) is 4.23. The van der Waals surface area contributed by atoms with Gasteiger partial charge in [-0.1, -0.05) is 48.5 Å². The van der Waals surface area contributed by atoms with E-state index in [0.29, 0.717) is 13.1 Å². The Hall–Kier alpha value is -3.34. The second-order valence-electron chi connectivity index (χ2n) is 8.73. The quantitative estimate of drug-likeness (QED) is 0.474. The topological polar surface area (TPSA) is 53.9 Å². The van der Waals surface area contributed by atoms with Crippen LogP contribution in [-0.4, -0.2) is 32.1 Å². The molecule has 0 aliphatic rings. The van der Waals surface area contributed by atoms with E-state index in [2.05, 4.69) is 40.5 Å². The van der Waals surface area contributed by atoms with E-state index in [-0.39, 0.29) is 5.91 Å². The Kier molecular flexibility index (Phi) is 5.68. The van der Waals surface area contributed by atoms with Gasteiger partial charge in [-0.3, -0.25) is 9.48 Å². The van der Waals surface area contributed by atoms with E-state index >= 15 is 0 Å². The largest absolute Gasteiger partial charge is 0.361 e. The van der Waals surface area contributed by atoms with Crippen LogP contribution in [0.4, 0.5) is 0 Å². The summed E-state index contributed by atoms with van der Waals surface area (Å²) in [5, 5.41) is 5.68. The molecule has 0 fully saturated rings. The number of carbonyl (C=O) groups is 1. The number of para-hydroxylation sites is 1. The van der Waals surface area contributed by atoms with Crippen LogP contribution in [0.15, 0.2) is 66.9 Å². The van der Waals surface area contributed by atoms with Gasteiger partial charge < -0.3 is 9.88 Å². The molecule has 0 aliphatic carbocycles. The number of rotatable bonds is 7. The van der Waals surface area contributed by atoms with E-state index in [9.17, 15) is 4.79 Å². The van der Waals surface area contributed by atoms with Crippen molar-refractivity contribution in [2.75, 3.05) is 6.54 Å². The van der Waals surface area contributed by atoms with Crippen LogP contribution < -0.4 is 0 Å². The molecule has 0 radical (unpaired) electrons. The van der Waals surface area contributed by atoms with Gasteiger partial charge >= 0.3 is 0 Å². The smallest absolute Gasteiger partial charge is 0.233 e. The molecule has 1 amide bonds. The monoisotopic (exact) mass is 414 g/mol. The predicted molar refractivity (Wildman–Crippen MR) is 125 cm³/mol. The van der Waals surface area contributed by atoms with Crippen molar-refractivity contribution in [3.63, 3.8) is 0 Å². The first-order valence-corrected chi connectivity index (χ1v) is 10.8. The summed E-state index contributed by atoms with van der Waals surface area (Å²) < 4.78 is 1.87. The molecule has 0 atom stereocenters. The minimum absolute atomic E-state index is 0.123. The highest BCUT2D eigenvalue weighted by Crippen LogP contribution is 2.27. The number of hydrogen-bond donors (Lipinski definition) is 1. The van der Waals surface area contributed by atoms with Gasteiger partial charge in [0.2, 0.25) is 5.91 Å². The Labute approximate surface area is 183 Å². The van der Waals surface area contributed by atoms with Gasteiger partial charge in [0, 0.05) is 30.7 Å². The van der Waals surface area contributed by atoms with Crippen LogP contribution in [-0.2, 0) is 30.2 Å². The number of benzene rings is 2. The second kappa shape index (κ2) is 8.42. The molecule has 5 heteroatoms. The summed E-state index contributed by atoms with van der Waals surface area (Å²) in [6.07, 6.45) is 2.85. The molecule has 2 aromatic heterocycles. The summed E-state index contributed by atoms with van der Waals surface area (Å²) in [4.78, 5) is 19.1. The fourth-order valence-corrected chi connectivity index (χ4v) is 4.23. The summed E-state index contributed by atoms with van der Waals surface area (Å²) in [5.74, 6) is 0.123. The normalized spacial score (nSPS) is 11.7. The van der Waals surface area contributed by atoms with Crippen LogP contribution >= 0.6 is 0 Å². The van der Waals surface area contributed by atoms with Crippen LogP contribution in [0.25, 0.3) is 10.9 Å².